The monoisotopic (exact) mass is 348 g/mol. The molecule has 0 spiro atoms. The maximum absolute atomic E-state index is 13.1. The molecule has 0 radical (unpaired) electrons. The highest BCUT2D eigenvalue weighted by Crippen LogP contribution is 2.21. The molecule has 2 heterocycles. The molecule has 1 aliphatic heterocycles. The summed E-state index contributed by atoms with van der Waals surface area (Å²) in [5.74, 6) is 0.479. The minimum absolute atomic E-state index is 0.0428. The molecule has 5 nitrogen and oxygen atoms in total. The van der Waals surface area contributed by atoms with Crippen molar-refractivity contribution in [3.63, 3.8) is 0 Å². The van der Waals surface area contributed by atoms with Gasteiger partial charge in [-0.25, -0.2) is 14.4 Å². The summed E-state index contributed by atoms with van der Waals surface area (Å²) < 4.78 is 13.1. The van der Waals surface area contributed by atoms with E-state index in [0.717, 1.165) is 31.8 Å². The van der Waals surface area contributed by atoms with Gasteiger partial charge in [0.1, 0.15) is 5.82 Å². The third-order valence-electron chi connectivity index (χ3n) is 4.14. The lowest BCUT2D eigenvalue weighted by Gasteiger charge is -2.30. The van der Waals surface area contributed by atoms with Gasteiger partial charge in [-0.2, -0.15) is 0 Å². The molecule has 1 fully saturated rings. The Morgan fingerprint density at radius 1 is 1.29 bits per heavy atom. The van der Waals surface area contributed by atoms with Crippen LogP contribution < -0.4 is 10.2 Å². The number of halogens is 2. The molecule has 24 heavy (non-hydrogen) atoms. The van der Waals surface area contributed by atoms with Crippen molar-refractivity contribution in [1.82, 2.24) is 9.97 Å². The van der Waals surface area contributed by atoms with Crippen LogP contribution in [0.25, 0.3) is 0 Å². The van der Waals surface area contributed by atoms with Crippen molar-refractivity contribution in [2.75, 3.05) is 23.3 Å². The van der Waals surface area contributed by atoms with Crippen molar-refractivity contribution in [2.45, 2.75) is 19.8 Å². The first-order valence-electron chi connectivity index (χ1n) is 7.86. The Morgan fingerprint density at radius 3 is 2.58 bits per heavy atom. The largest absolute Gasteiger partial charge is 0.341 e. The maximum Gasteiger partial charge on any atom is 0.258 e. The summed E-state index contributed by atoms with van der Waals surface area (Å²) in [5.41, 5.74) is 0.755. The molecular weight excluding hydrogens is 331 g/mol. The Hall–Kier alpha value is -2.21. The van der Waals surface area contributed by atoms with Gasteiger partial charge in [0.15, 0.2) is 0 Å². The van der Waals surface area contributed by atoms with Crippen LogP contribution in [0.15, 0.2) is 30.6 Å². The minimum atomic E-state index is -0.529. The van der Waals surface area contributed by atoms with Crippen LogP contribution >= 0.6 is 11.6 Å². The molecular formula is C17H18ClFN4O. The second kappa shape index (κ2) is 7.13. The number of carbonyl (C=O) groups is 1. The van der Waals surface area contributed by atoms with E-state index in [2.05, 4.69) is 27.1 Å². The van der Waals surface area contributed by atoms with Gasteiger partial charge in [-0.05, 0) is 37.0 Å². The molecule has 1 aliphatic rings. The molecule has 7 heteroatoms. The van der Waals surface area contributed by atoms with Crippen molar-refractivity contribution < 1.29 is 9.18 Å². The molecule has 0 atom stereocenters. The highest BCUT2D eigenvalue weighted by molar-refractivity contribution is 6.31. The van der Waals surface area contributed by atoms with Gasteiger partial charge in [-0.15, -0.1) is 0 Å². The number of benzene rings is 1. The molecule has 1 aromatic heterocycles. The van der Waals surface area contributed by atoms with E-state index in [1.165, 1.54) is 30.6 Å². The van der Waals surface area contributed by atoms with E-state index < -0.39 is 5.82 Å². The van der Waals surface area contributed by atoms with E-state index in [-0.39, 0.29) is 10.9 Å². The molecule has 0 bridgehead atoms. The minimum Gasteiger partial charge on any atom is -0.341 e. The number of rotatable bonds is 3. The van der Waals surface area contributed by atoms with E-state index in [0.29, 0.717) is 17.2 Å². The number of nitrogens with zero attached hydrogens (tertiary/aromatic N) is 3. The molecule has 0 unspecified atom stereocenters. The predicted octanol–water partition coefficient (Wildman–Crippen LogP) is 3.76. The fourth-order valence-corrected chi connectivity index (χ4v) is 2.77. The Morgan fingerprint density at radius 2 is 1.96 bits per heavy atom. The van der Waals surface area contributed by atoms with E-state index in [4.69, 9.17) is 11.6 Å². The second-order valence-corrected chi connectivity index (χ2v) is 6.43. The predicted molar refractivity (Wildman–Crippen MR) is 92.0 cm³/mol. The quantitative estimate of drug-likeness (QED) is 0.917. The lowest BCUT2D eigenvalue weighted by Crippen LogP contribution is -2.34. The van der Waals surface area contributed by atoms with E-state index in [1.807, 2.05) is 0 Å². The first-order valence-corrected chi connectivity index (χ1v) is 8.24. The Kier molecular flexibility index (Phi) is 4.94. The Bertz CT molecular complexity index is 730. The number of aromatic nitrogens is 2. The van der Waals surface area contributed by atoms with Crippen LogP contribution in [0.4, 0.5) is 16.0 Å². The molecule has 1 aromatic carbocycles. The highest BCUT2D eigenvalue weighted by atomic mass is 35.5. The van der Waals surface area contributed by atoms with E-state index in [9.17, 15) is 9.18 Å². The average Bonchev–Trinajstić information content (AvgIpc) is 2.59. The van der Waals surface area contributed by atoms with Crippen LogP contribution in [0, 0.1) is 11.7 Å². The van der Waals surface area contributed by atoms with Gasteiger partial charge in [-0.1, -0.05) is 18.5 Å². The lowest BCUT2D eigenvalue weighted by atomic mass is 10.00. The number of amides is 1. The maximum atomic E-state index is 13.1. The number of piperidine rings is 1. The van der Waals surface area contributed by atoms with Crippen LogP contribution in [-0.2, 0) is 0 Å². The Balaban J connectivity index is 1.66. The zero-order valence-corrected chi connectivity index (χ0v) is 14.1. The second-order valence-electron chi connectivity index (χ2n) is 6.02. The first-order chi connectivity index (χ1) is 11.5. The Labute approximate surface area is 144 Å². The lowest BCUT2D eigenvalue weighted by molar-refractivity contribution is 0.102. The zero-order chi connectivity index (χ0) is 17.1. The third-order valence-corrected chi connectivity index (χ3v) is 4.43. The van der Waals surface area contributed by atoms with Crippen LogP contribution in [0.3, 0.4) is 0 Å². The molecule has 1 amide bonds. The van der Waals surface area contributed by atoms with Crippen LogP contribution in [-0.4, -0.2) is 29.0 Å². The van der Waals surface area contributed by atoms with Gasteiger partial charge < -0.3 is 10.2 Å². The van der Waals surface area contributed by atoms with Crippen molar-refractivity contribution in [1.29, 1.82) is 0 Å². The van der Waals surface area contributed by atoms with E-state index in [1.54, 1.807) is 0 Å². The molecule has 0 aliphatic carbocycles. The van der Waals surface area contributed by atoms with Crippen LogP contribution in [0.1, 0.15) is 30.1 Å². The summed E-state index contributed by atoms with van der Waals surface area (Å²) in [5, 5.41) is 2.60. The fourth-order valence-electron chi connectivity index (χ4n) is 2.59. The number of hydrogen-bond acceptors (Lipinski definition) is 4. The van der Waals surface area contributed by atoms with Crippen molar-refractivity contribution in [3.05, 3.63) is 47.0 Å². The van der Waals surface area contributed by atoms with Crippen LogP contribution in [0.5, 0.6) is 0 Å². The van der Waals surface area contributed by atoms with Crippen molar-refractivity contribution >= 4 is 29.1 Å². The van der Waals surface area contributed by atoms with Crippen molar-refractivity contribution in [3.8, 4) is 0 Å². The number of hydrogen-bond donors (Lipinski definition) is 1. The summed E-state index contributed by atoms with van der Waals surface area (Å²) >= 11 is 5.70. The zero-order valence-electron chi connectivity index (χ0n) is 13.3. The van der Waals surface area contributed by atoms with Gasteiger partial charge in [0.25, 0.3) is 5.91 Å². The average molecular weight is 349 g/mol. The smallest absolute Gasteiger partial charge is 0.258 e. The number of anilines is 2. The summed E-state index contributed by atoms with van der Waals surface area (Å²) in [4.78, 5) is 22.9. The molecule has 3 rings (SSSR count). The molecule has 0 saturated carbocycles. The van der Waals surface area contributed by atoms with Gasteiger partial charge in [-0.3, -0.25) is 4.79 Å². The topological polar surface area (TPSA) is 58.1 Å². The van der Waals surface area contributed by atoms with Gasteiger partial charge in [0, 0.05) is 31.2 Å². The number of nitrogens with one attached hydrogen (secondary N) is 1. The van der Waals surface area contributed by atoms with Gasteiger partial charge in [0.05, 0.1) is 10.6 Å². The SMILES string of the molecule is CC1CCN(c2ncc(C(=O)Nc3ccc(F)c(Cl)c3)cn2)CC1. The van der Waals surface area contributed by atoms with E-state index >= 15 is 0 Å². The van der Waals surface area contributed by atoms with Crippen LogP contribution in [0.2, 0.25) is 5.02 Å². The standard InChI is InChI=1S/C17H18ClFN4O/c1-11-4-6-23(7-5-11)17-20-9-12(10-21-17)16(24)22-13-2-3-15(19)14(18)8-13/h2-3,8-11H,4-7H2,1H3,(H,22,24). The first kappa shape index (κ1) is 16.6. The summed E-state index contributed by atoms with van der Waals surface area (Å²) in [6.45, 7) is 4.11. The third kappa shape index (κ3) is 3.82. The summed E-state index contributed by atoms with van der Waals surface area (Å²) in [6, 6.07) is 4.01. The number of carbonyl (C=O) groups excluding carboxylic acids is 1. The normalized spacial score (nSPS) is 15.4. The van der Waals surface area contributed by atoms with Gasteiger partial charge >= 0.3 is 0 Å². The molecule has 126 valence electrons. The summed E-state index contributed by atoms with van der Waals surface area (Å²) in [6.07, 6.45) is 5.25. The summed E-state index contributed by atoms with van der Waals surface area (Å²) in [7, 11) is 0. The van der Waals surface area contributed by atoms with Gasteiger partial charge in [0.2, 0.25) is 5.95 Å². The molecule has 1 N–H and O–H groups in total. The fraction of sp³-hybridized carbons (Fsp3) is 0.353. The molecule has 1 saturated heterocycles. The highest BCUT2D eigenvalue weighted by Gasteiger charge is 2.18. The molecule has 2 aromatic rings. The van der Waals surface area contributed by atoms with Crippen molar-refractivity contribution in [2.24, 2.45) is 5.92 Å².